The molecule has 288 valence electrons. The summed E-state index contributed by atoms with van der Waals surface area (Å²) in [6.45, 7) is 4.96. The third-order valence-electron chi connectivity index (χ3n) is 12.5. The van der Waals surface area contributed by atoms with E-state index in [-0.39, 0.29) is 29.5 Å². The lowest BCUT2D eigenvalue weighted by Crippen LogP contribution is -2.43. The number of anilines is 1. The first kappa shape index (κ1) is 37.7. The molecule has 7 heteroatoms. The van der Waals surface area contributed by atoms with Crippen molar-refractivity contribution in [3.63, 3.8) is 0 Å². The van der Waals surface area contributed by atoms with Gasteiger partial charge in [-0.05, 0) is 87.5 Å². The smallest absolute Gasteiger partial charge is 0.265 e. The fraction of sp³-hybridized carbons (Fsp3) is 0.408. The molecule has 0 N–H and O–H groups in total. The Balaban J connectivity index is 1.11. The number of carbonyl (C=O) groups is 4. The van der Waals surface area contributed by atoms with Gasteiger partial charge in [-0.15, -0.1) is 0 Å². The Morgan fingerprint density at radius 3 is 1.23 bits per heavy atom. The minimum atomic E-state index is -0.373. The number of pyridine rings is 1. The van der Waals surface area contributed by atoms with Crippen LogP contribution in [0, 0.1) is 5.92 Å². The number of imide groups is 2. The molecule has 0 bridgehead atoms. The van der Waals surface area contributed by atoms with Crippen LogP contribution in [0.4, 0.5) is 5.69 Å². The van der Waals surface area contributed by atoms with Gasteiger partial charge in [0.25, 0.3) is 23.6 Å². The zero-order chi connectivity index (χ0) is 38.8. The first-order chi connectivity index (χ1) is 27.4. The van der Waals surface area contributed by atoms with Gasteiger partial charge in [0.15, 0.2) is 0 Å². The van der Waals surface area contributed by atoms with Crippen LogP contribution >= 0.6 is 0 Å². The fourth-order valence-electron chi connectivity index (χ4n) is 9.58. The molecule has 2 aliphatic heterocycles. The van der Waals surface area contributed by atoms with E-state index in [0.29, 0.717) is 45.3 Å². The molecule has 2 aliphatic rings. The van der Waals surface area contributed by atoms with Crippen molar-refractivity contribution in [2.24, 2.45) is 5.92 Å². The highest BCUT2D eigenvalue weighted by Gasteiger charge is 2.38. The highest BCUT2D eigenvalue weighted by molar-refractivity contribution is 6.43. The van der Waals surface area contributed by atoms with Gasteiger partial charge < -0.3 is 0 Å². The quantitative estimate of drug-likeness (QED) is 0.0356. The summed E-state index contributed by atoms with van der Waals surface area (Å²) in [5.41, 5.74) is 2.55. The average molecular weight is 748 g/mol. The Hall–Kier alpha value is -5.17. The molecular formula is C49H53N3O4. The molecule has 0 radical (unpaired) electrons. The minimum Gasteiger partial charge on any atom is -0.274 e. The number of rotatable bonds is 19. The number of hydrogen-bond donors (Lipinski definition) is 0. The summed E-state index contributed by atoms with van der Waals surface area (Å²) in [7, 11) is 0. The summed E-state index contributed by atoms with van der Waals surface area (Å²) < 4.78 is 0. The number of unbranched alkanes of at least 4 members (excludes halogenated alkanes) is 12. The van der Waals surface area contributed by atoms with E-state index in [1.54, 1.807) is 29.4 Å². The van der Waals surface area contributed by atoms with Crippen molar-refractivity contribution in [2.75, 3.05) is 11.4 Å². The van der Waals surface area contributed by atoms with Gasteiger partial charge in [0.2, 0.25) is 0 Å². The van der Waals surface area contributed by atoms with Crippen LogP contribution in [0.25, 0.3) is 43.1 Å². The monoisotopic (exact) mass is 747 g/mol. The molecule has 0 spiro atoms. The lowest BCUT2D eigenvalue weighted by atomic mass is 9.82. The highest BCUT2D eigenvalue weighted by atomic mass is 16.2. The van der Waals surface area contributed by atoms with Gasteiger partial charge in [-0.3, -0.25) is 29.1 Å². The number of nitrogens with zero attached hydrogens (tertiary/aromatic N) is 3. The van der Waals surface area contributed by atoms with Crippen molar-refractivity contribution in [3.8, 4) is 0 Å². The second kappa shape index (κ2) is 16.5. The van der Waals surface area contributed by atoms with E-state index in [1.165, 1.54) is 81.9 Å². The van der Waals surface area contributed by atoms with Crippen molar-refractivity contribution in [2.45, 2.75) is 117 Å². The Labute approximate surface area is 329 Å². The van der Waals surface area contributed by atoms with E-state index in [2.05, 4.69) is 18.8 Å². The fourth-order valence-corrected chi connectivity index (χ4v) is 9.58. The summed E-state index contributed by atoms with van der Waals surface area (Å²) in [5.74, 6) is -0.879. The normalized spacial score (nSPS) is 14.8. The molecule has 4 amide bonds. The van der Waals surface area contributed by atoms with Crippen LogP contribution in [0.2, 0.25) is 0 Å². The van der Waals surface area contributed by atoms with Crippen LogP contribution in [0.15, 0.2) is 73.1 Å². The SMILES string of the molecule is CCCCCCCCCCC(CCCCCCCC)CN1C(=O)c2ccc3c4ccc5c6c(ccc(c7ccc(c2c37)C1=O)c64)C(=O)N(c1ccncc1)C5=O. The standard InChI is InChI=1S/C49H53N3O4/c1-3-5-7-9-11-12-14-16-18-32(17-15-13-10-8-6-4-2)31-51-46(53)38-23-19-34-36-21-25-40-45-41(49(56)52(48(40)55)33-27-29-50-30-28-33)26-22-37(43(36)45)35-20-24-39(47(51)54)44(38)42(34)35/h19-30,32H,3-18,31H2,1-2H3. The molecule has 0 aliphatic carbocycles. The largest absolute Gasteiger partial charge is 0.274 e. The molecule has 7 nitrogen and oxygen atoms in total. The highest BCUT2D eigenvalue weighted by Crippen LogP contribution is 2.46. The van der Waals surface area contributed by atoms with E-state index < -0.39 is 0 Å². The van der Waals surface area contributed by atoms with Crippen LogP contribution < -0.4 is 4.90 Å². The average Bonchev–Trinajstić information content (AvgIpc) is 3.22. The second-order valence-corrected chi connectivity index (χ2v) is 16.2. The van der Waals surface area contributed by atoms with E-state index in [9.17, 15) is 19.2 Å². The van der Waals surface area contributed by atoms with Gasteiger partial charge in [-0.25, -0.2) is 4.90 Å². The van der Waals surface area contributed by atoms with Crippen molar-refractivity contribution in [3.05, 3.63) is 95.3 Å². The summed E-state index contributed by atoms with van der Waals surface area (Å²) in [6, 6.07) is 18.6. The van der Waals surface area contributed by atoms with Crippen LogP contribution in [0.1, 0.15) is 158 Å². The van der Waals surface area contributed by atoms with Crippen molar-refractivity contribution in [1.82, 2.24) is 9.88 Å². The Kier molecular flexibility index (Phi) is 11.1. The predicted molar refractivity (Wildman–Crippen MR) is 227 cm³/mol. The summed E-state index contributed by atoms with van der Waals surface area (Å²) in [5, 5.41) is 6.66. The third kappa shape index (κ3) is 6.73. The minimum absolute atomic E-state index is 0.210. The molecular weight excluding hydrogens is 695 g/mol. The molecule has 6 aromatic rings. The number of benzene rings is 5. The number of amides is 4. The Bertz CT molecular complexity index is 2320. The predicted octanol–water partition coefficient (Wildman–Crippen LogP) is 12.4. The van der Waals surface area contributed by atoms with E-state index >= 15 is 0 Å². The van der Waals surface area contributed by atoms with E-state index in [1.807, 2.05) is 48.5 Å². The van der Waals surface area contributed by atoms with Crippen LogP contribution in [-0.4, -0.2) is 40.1 Å². The van der Waals surface area contributed by atoms with E-state index in [0.717, 1.165) is 58.0 Å². The van der Waals surface area contributed by atoms with Gasteiger partial charge in [-0.2, -0.15) is 0 Å². The lowest BCUT2D eigenvalue weighted by molar-refractivity contribution is 0.0576. The molecule has 5 aromatic carbocycles. The zero-order valence-corrected chi connectivity index (χ0v) is 33.0. The van der Waals surface area contributed by atoms with Crippen molar-refractivity contribution in [1.29, 1.82) is 0 Å². The zero-order valence-electron chi connectivity index (χ0n) is 33.0. The van der Waals surface area contributed by atoms with Crippen LogP contribution in [-0.2, 0) is 0 Å². The maximum Gasteiger partial charge on any atom is 0.265 e. The summed E-state index contributed by atoms with van der Waals surface area (Å²) in [6.07, 6.45) is 22.7. The number of carbonyl (C=O) groups excluding carboxylic acids is 4. The Morgan fingerprint density at radius 2 is 0.821 bits per heavy atom. The molecule has 0 saturated heterocycles. The maximum absolute atomic E-state index is 14.4. The molecule has 1 unspecified atom stereocenters. The van der Waals surface area contributed by atoms with Crippen molar-refractivity contribution >= 4 is 72.4 Å². The second-order valence-electron chi connectivity index (χ2n) is 16.2. The van der Waals surface area contributed by atoms with Crippen LogP contribution in [0.3, 0.4) is 0 Å². The van der Waals surface area contributed by atoms with E-state index in [4.69, 9.17) is 0 Å². The summed E-state index contributed by atoms with van der Waals surface area (Å²) in [4.78, 5) is 63.6. The van der Waals surface area contributed by atoms with Crippen molar-refractivity contribution < 1.29 is 19.2 Å². The molecule has 3 heterocycles. The number of fused-ring (bicyclic) bond motifs is 2. The molecule has 56 heavy (non-hydrogen) atoms. The Morgan fingerprint density at radius 1 is 0.446 bits per heavy atom. The first-order valence-corrected chi connectivity index (χ1v) is 21.3. The van der Waals surface area contributed by atoms with Crippen LogP contribution in [0.5, 0.6) is 0 Å². The number of hydrogen-bond acceptors (Lipinski definition) is 5. The number of aromatic nitrogens is 1. The maximum atomic E-state index is 14.4. The molecule has 0 saturated carbocycles. The molecule has 1 aromatic heterocycles. The topological polar surface area (TPSA) is 87.7 Å². The lowest BCUT2D eigenvalue weighted by Gasteiger charge is -2.32. The summed E-state index contributed by atoms with van der Waals surface area (Å²) >= 11 is 0. The molecule has 0 fully saturated rings. The first-order valence-electron chi connectivity index (χ1n) is 21.3. The third-order valence-corrected chi connectivity index (χ3v) is 12.5. The van der Waals surface area contributed by atoms with Gasteiger partial charge in [0.05, 0.1) is 5.69 Å². The molecule has 1 atom stereocenters. The molecule has 8 rings (SSSR count). The van der Waals surface area contributed by atoms with Gasteiger partial charge in [0.1, 0.15) is 0 Å². The van der Waals surface area contributed by atoms with Gasteiger partial charge >= 0.3 is 0 Å². The van der Waals surface area contributed by atoms with Gasteiger partial charge in [0, 0.05) is 52.0 Å². The van der Waals surface area contributed by atoms with Gasteiger partial charge in [-0.1, -0.05) is 128 Å².